The van der Waals surface area contributed by atoms with Crippen molar-refractivity contribution < 1.29 is 18.9 Å². The summed E-state index contributed by atoms with van der Waals surface area (Å²) in [6.45, 7) is 0. The maximum Gasteiger partial charge on any atom is 0.118 e. The van der Waals surface area contributed by atoms with Gasteiger partial charge >= 0.3 is 0 Å². The Morgan fingerprint density at radius 1 is 0.198 bits per heavy atom. The molecule has 416 valence electrons. The van der Waals surface area contributed by atoms with Crippen LogP contribution in [0.25, 0.3) is 128 Å². The smallest absolute Gasteiger partial charge is 0.118 e. The molecular formula is C82H64O4. The topological polar surface area (TPSA) is 36.9 Å². The first-order valence-electron chi connectivity index (χ1n) is 29.3. The second-order valence-corrected chi connectivity index (χ2v) is 21.5. The fourth-order valence-corrected chi connectivity index (χ4v) is 12.6. The van der Waals surface area contributed by atoms with Crippen molar-refractivity contribution >= 4 is 5.57 Å². The maximum absolute atomic E-state index is 5.84. The van der Waals surface area contributed by atoms with Crippen molar-refractivity contribution in [2.75, 3.05) is 28.4 Å². The highest BCUT2D eigenvalue weighted by molar-refractivity contribution is 6.17. The molecule has 0 saturated heterocycles. The van der Waals surface area contributed by atoms with E-state index in [9.17, 15) is 0 Å². The zero-order valence-corrected chi connectivity index (χ0v) is 48.8. The van der Waals surface area contributed by atoms with Crippen LogP contribution in [0.1, 0.15) is 18.4 Å². The van der Waals surface area contributed by atoms with Crippen LogP contribution in [0.5, 0.6) is 23.0 Å². The molecule has 0 spiro atoms. The number of benzene rings is 12. The zero-order valence-electron chi connectivity index (χ0n) is 48.8. The minimum Gasteiger partial charge on any atom is -0.497 e. The Morgan fingerprint density at radius 2 is 0.384 bits per heavy atom. The van der Waals surface area contributed by atoms with Crippen molar-refractivity contribution in [2.45, 2.75) is 12.8 Å². The summed E-state index contributed by atoms with van der Waals surface area (Å²) < 4.78 is 23.3. The lowest BCUT2D eigenvalue weighted by Crippen LogP contribution is -2.05. The Balaban J connectivity index is 1.20. The second kappa shape index (κ2) is 24.6. The largest absolute Gasteiger partial charge is 0.497 e. The molecule has 0 N–H and O–H groups in total. The van der Waals surface area contributed by atoms with Gasteiger partial charge in [-0.05, 0) is 195 Å². The minimum atomic E-state index is 0.789. The predicted octanol–water partition coefficient (Wildman–Crippen LogP) is 21.8. The molecule has 0 aliphatic heterocycles. The first kappa shape index (κ1) is 54.6. The van der Waals surface area contributed by atoms with Crippen LogP contribution < -0.4 is 18.9 Å². The highest BCUT2D eigenvalue weighted by atomic mass is 16.5. The van der Waals surface area contributed by atoms with Crippen LogP contribution in [0.15, 0.2) is 291 Å². The molecule has 0 radical (unpaired) electrons. The summed E-state index contributed by atoms with van der Waals surface area (Å²) in [5.41, 5.74) is 26.7. The van der Waals surface area contributed by atoms with E-state index in [1.807, 2.05) is 0 Å². The van der Waals surface area contributed by atoms with Gasteiger partial charge in [-0.15, -0.1) is 0 Å². The van der Waals surface area contributed by atoms with Crippen molar-refractivity contribution in [1.29, 1.82) is 0 Å². The van der Waals surface area contributed by atoms with E-state index in [4.69, 9.17) is 18.9 Å². The Hall–Kier alpha value is -10.7. The summed E-state index contributed by atoms with van der Waals surface area (Å²) in [4.78, 5) is 0. The molecule has 1 aliphatic rings. The molecule has 4 heteroatoms. The fourth-order valence-electron chi connectivity index (χ4n) is 12.6. The average Bonchev–Trinajstić information content (AvgIpc) is 0.780. The third-order valence-corrected chi connectivity index (χ3v) is 16.6. The summed E-state index contributed by atoms with van der Waals surface area (Å²) in [7, 11) is 6.91. The predicted molar refractivity (Wildman–Crippen MR) is 359 cm³/mol. The average molecular weight is 1110 g/mol. The molecule has 0 saturated carbocycles. The van der Waals surface area contributed by atoms with Crippen LogP contribution in [-0.2, 0) is 0 Å². The van der Waals surface area contributed by atoms with E-state index in [0.29, 0.717) is 0 Å². The van der Waals surface area contributed by atoms with E-state index >= 15 is 0 Å². The van der Waals surface area contributed by atoms with Crippen molar-refractivity contribution in [3.05, 3.63) is 297 Å². The van der Waals surface area contributed by atoms with Crippen LogP contribution >= 0.6 is 0 Å². The number of hydrogen-bond acceptors (Lipinski definition) is 4. The van der Waals surface area contributed by atoms with Crippen LogP contribution in [0.3, 0.4) is 0 Å². The summed E-state index contributed by atoms with van der Waals surface area (Å²) in [6, 6.07) is 98.5. The second-order valence-electron chi connectivity index (χ2n) is 21.5. The van der Waals surface area contributed by atoms with Crippen molar-refractivity contribution in [3.8, 4) is 145 Å². The highest BCUT2D eigenvalue weighted by Crippen LogP contribution is 2.58. The molecule has 0 fully saturated rings. The SMILES string of the molecule is COc1ccc(-c2c(C3=CCCC=C3)c(-c3ccccc3)c(-c3ccc(-c4c(-c5ccccc5)c(-c5ccccc5)c(-c5ccc(OC)cc5)c(-c5ccc(OC)cc5)c4-c4ccccc4)cc3)c(-c3ccccc3)c2-c2ccc(OC)cc2)cc1. The van der Waals surface area contributed by atoms with Crippen molar-refractivity contribution in [3.63, 3.8) is 0 Å². The van der Waals surface area contributed by atoms with Crippen LogP contribution in [-0.4, -0.2) is 28.4 Å². The summed E-state index contributed by atoms with van der Waals surface area (Å²) in [5.74, 6) is 3.18. The lowest BCUT2D eigenvalue weighted by atomic mass is 9.73. The van der Waals surface area contributed by atoms with Gasteiger partial charge in [0.15, 0.2) is 0 Å². The number of methoxy groups -OCH3 is 4. The molecule has 4 nitrogen and oxygen atoms in total. The number of allylic oxidation sites excluding steroid dienone is 4. The Bertz CT molecular complexity index is 4380. The van der Waals surface area contributed by atoms with Gasteiger partial charge in [0.1, 0.15) is 23.0 Å². The molecule has 0 atom stereocenters. The van der Waals surface area contributed by atoms with Gasteiger partial charge < -0.3 is 18.9 Å². The van der Waals surface area contributed by atoms with Crippen LogP contribution in [0.2, 0.25) is 0 Å². The molecule has 0 heterocycles. The van der Waals surface area contributed by atoms with Gasteiger partial charge in [-0.3, -0.25) is 0 Å². The molecule has 13 rings (SSSR count). The first-order chi connectivity index (χ1) is 42.5. The first-order valence-corrected chi connectivity index (χ1v) is 29.3. The molecule has 12 aromatic rings. The van der Waals surface area contributed by atoms with Crippen LogP contribution in [0, 0.1) is 0 Å². The number of rotatable bonds is 16. The molecule has 0 bridgehead atoms. The summed E-state index contributed by atoms with van der Waals surface area (Å²) in [6.07, 6.45) is 9.00. The zero-order chi connectivity index (χ0) is 58.3. The Kier molecular flexibility index (Phi) is 15.6. The lowest BCUT2D eigenvalue weighted by Gasteiger charge is -2.30. The summed E-state index contributed by atoms with van der Waals surface area (Å²) in [5, 5.41) is 0. The van der Waals surface area contributed by atoms with Crippen molar-refractivity contribution in [2.24, 2.45) is 0 Å². The third-order valence-electron chi connectivity index (χ3n) is 16.6. The number of ether oxygens (including phenoxy) is 4. The molecule has 0 aromatic heterocycles. The third kappa shape index (κ3) is 10.5. The summed E-state index contributed by atoms with van der Waals surface area (Å²) >= 11 is 0. The minimum absolute atomic E-state index is 0.789. The quantitative estimate of drug-likeness (QED) is 0.0966. The monoisotopic (exact) mass is 1110 g/mol. The molecule has 86 heavy (non-hydrogen) atoms. The van der Waals surface area contributed by atoms with E-state index in [2.05, 4.69) is 291 Å². The normalized spacial score (nSPS) is 11.9. The molecule has 0 amide bonds. The van der Waals surface area contributed by atoms with E-state index < -0.39 is 0 Å². The standard InChI is InChI=1S/C82H64O4/c1-83-67-47-39-63(40-48-67)79-73(57-27-15-7-16-28-57)71(55-23-11-5-12-24-55)77(75(59-31-19-9-20-32-59)81(79)65-43-51-69(85-3)52-44-65)61-35-37-62(38-36-61)78-72(56-25-13-6-14-26-56)74(58-29-17-8-18-30-58)80(64-41-49-68(84-2)50-42-64)82(66-45-53-70(86-4)54-46-66)76(78)60-33-21-10-22-34-60/h5-7,9-17,19-54H,8,18H2,1-4H3. The Morgan fingerprint density at radius 3 is 0.570 bits per heavy atom. The molecule has 12 aromatic carbocycles. The van der Waals surface area contributed by atoms with Gasteiger partial charge in [0.2, 0.25) is 0 Å². The van der Waals surface area contributed by atoms with E-state index in [0.717, 1.165) is 158 Å². The lowest BCUT2D eigenvalue weighted by molar-refractivity contribution is 0.414. The van der Waals surface area contributed by atoms with Crippen LogP contribution in [0.4, 0.5) is 0 Å². The fraction of sp³-hybridized carbons (Fsp3) is 0.0732. The molecule has 1 aliphatic carbocycles. The van der Waals surface area contributed by atoms with E-state index in [1.54, 1.807) is 28.4 Å². The van der Waals surface area contributed by atoms with Gasteiger partial charge in [-0.25, -0.2) is 0 Å². The molecule has 0 unspecified atom stereocenters. The van der Waals surface area contributed by atoms with Gasteiger partial charge in [-0.2, -0.15) is 0 Å². The van der Waals surface area contributed by atoms with Gasteiger partial charge in [-0.1, -0.05) is 243 Å². The van der Waals surface area contributed by atoms with Gasteiger partial charge in [0, 0.05) is 0 Å². The van der Waals surface area contributed by atoms with Crippen molar-refractivity contribution in [1.82, 2.24) is 0 Å². The maximum atomic E-state index is 5.84. The van der Waals surface area contributed by atoms with Gasteiger partial charge in [0.25, 0.3) is 0 Å². The Labute approximate surface area is 505 Å². The number of hydrogen-bond donors (Lipinski definition) is 0. The molecular weight excluding hydrogens is 1050 g/mol. The highest BCUT2D eigenvalue weighted by Gasteiger charge is 2.32. The van der Waals surface area contributed by atoms with E-state index in [1.165, 1.54) is 11.1 Å². The van der Waals surface area contributed by atoms with Gasteiger partial charge in [0.05, 0.1) is 28.4 Å². The van der Waals surface area contributed by atoms with E-state index in [-0.39, 0.29) is 0 Å².